The summed E-state index contributed by atoms with van der Waals surface area (Å²) in [5.74, 6) is 1.60. The van der Waals surface area contributed by atoms with Crippen LogP contribution in [0.4, 0.5) is 5.95 Å². The number of anilines is 1. The Morgan fingerprint density at radius 2 is 1.96 bits per heavy atom. The third kappa shape index (κ3) is 5.48. The molecule has 10 heteroatoms. The van der Waals surface area contributed by atoms with E-state index in [1.807, 2.05) is 0 Å². The lowest BCUT2D eigenvalue weighted by atomic mass is 9.98. The van der Waals surface area contributed by atoms with Gasteiger partial charge in [0.15, 0.2) is 12.4 Å². The first-order valence-corrected chi connectivity index (χ1v) is 8.77. The fraction of sp³-hybridized carbons (Fsp3) is 0.438. The second-order valence-electron chi connectivity index (χ2n) is 5.88. The molecule has 26 heavy (non-hydrogen) atoms. The Hall–Kier alpha value is -1.54. The molecule has 1 saturated heterocycles. The van der Waals surface area contributed by atoms with Gasteiger partial charge in [0.05, 0.1) is 0 Å². The number of rotatable bonds is 5. The van der Waals surface area contributed by atoms with Crippen molar-refractivity contribution in [2.75, 3.05) is 25.0 Å². The summed E-state index contributed by atoms with van der Waals surface area (Å²) in [5.41, 5.74) is 0. The largest absolute Gasteiger partial charge is 0.484 e. The zero-order chi connectivity index (χ0) is 17.8. The monoisotopic (exact) mass is 419 g/mol. The van der Waals surface area contributed by atoms with E-state index in [-0.39, 0.29) is 24.9 Å². The van der Waals surface area contributed by atoms with Gasteiger partial charge in [-0.15, -0.1) is 12.4 Å². The highest BCUT2D eigenvalue weighted by Gasteiger charge is 2.21. The van der Waals surface area contributed by atoms with Crippen LogP contribution in [0.5, 0.6) is 5.75 Å². The highest BCUT2D eigenvalue weighted by atomic mass is 35.5. The highest BCUT2D eigenvalue weighted by Crippen LogP contribution is 2.25. The van der Waals surface area contributed by atoms with E-state index >= 15 is 0 Å². The van der Waals surface area contributed by atoms with Crippen LogP contribution in [0.1, 0.15) is 24.6 Å². The normalized spacial score (nSPS) is 14.6. The molecule has 0 aliphatic carbocycles. The van der Waals surface area contributed by atoms with Gasteiger partial charge >= 0.3 is 0 Å². The quantitative estimate of drug-likeness (QED) is 0.777. The zero-order valence-corrected chi connectivity index (χ0v) is 16.5. The number of aryl methyl sites for hydroxylation is 1. The summed E-state index contributed by atoms with van der Waals surface area (Å²) < 4.78 is 6.99. The van der Waals surface area contributed by atoms with E-state index in [1.54, 1.807) is 29.9 Å². The Labute approximate surface area is 167 Å². The summed E-state index contributed by atoms with van der Waals surface area (Å²) in [5, 5.41) is 11.3. The minimum Gasteiger partial charge on any atom is -0.484 e. The van der Waals surface area contributed by atoms with Crippen molar-refractivity contribution < 1.29 is 9.53 Å². The lowest BCUT2D eigenvalue weighted by molar-refractivity contribution is -0.118. The van der Waals surface area contributed by atoms with Gasteiger partial charge in [-0.25, -0.2) is 4.68 Å². The summed E-state index contributed by atoms with van der Waals surface area (Å²) in [6, 6.07) is 4.79. The Bertz CT molecular complexity index is 742. The van der Waals surface area contributed by atoms with Crippen LogP contribution >= 0.6 is 35.6 Å². The van der Waals surface area contributed by atoms with Crippen molar-refractivity contribution in [2.24, 2.45) is 7.05 Å². The maximum absolute atomic E-state index is 12.1. The van der Waals surface area contributed by atoms with E-state index in [9.17, 15) is 4.79 Å². The Balaban J connectivity index is 0.00000243. The van der Waals surface area contributed by atoms with Gasteiger partial charge in [-0.1, -0.05) is 23.2 Å². The number of halogens is 3. The molecule has 1 aromatic heterocycles. The van der Waals surface area contributed by atoms with Gasteiger partial charge in [0.25, 0.3) is 5.91 Å². The van der Waals surface area contributed by atoms with Crippen LogP contribution < -0.4 is 15.4 Å². The number of carbonyl (C=O) groups is 1. The van der Waals surface area contributed by atoms with E-state index in [0.717, 1.165) is 31.8 Å². The number of ether oxygens (including phenoxy) is 1. The molecular weight excluding hydrogens is 401 g/mol. The minimum atomic E-state index is -0.330. The standard InChI is InChI=1S/C16H19Cl2N5O2.ClH/c1-23-16(21-15(22-23)10-2-4-19-5-3-10)20-14(24)9-25-13-7-11(17)6-12(18)8-13;/h6-8,10,19H,2-5,9H2,1H3,(H,20,21,22,24);1H. The molecule has 142 valence electrons. The lowest BCUT2D eigenvalue weighted by Crippen LogP contribution is -2.27. The van der Waals surface area contributed by atoms with Crippen LogP contribution in [0.25, 0.3) is 0 Å². The van der Waals surface area contributed by atoms with Crippen molar-refractivity contribution in [1.29, 1.82) is 0 Å². The van der Waals surface area contributed by atoms with Crippen LogP contribution in [0.3, 0.4) is 0 Å². The lowest BCUT2D eigenvalue weighted by Gasteiger charge is -2.19. The van der Waals surface area contributed by atoms with Crippen molar-refractivity contribution in [3.63, 3.8) is 0 Å². The molecule has 0 saturated carbocycles. The molecule has 0 bridgehead atoms. The van der Waals surface area contributed by atoms with Crippen molar-refractivity contribution in [1.82, 2.24) is 20.1 Å². The average molecular weight is 421 g/mol. The molecule has 2 N–H and O–H groups in total. The maximum atomic E-state index is 12.1. The van der Waals surface area contributed by atoms with Gasteiger partial charge in [0.2, 0.25) is 5.95 Å². The first kappa shape index (κ1) is 20.8. The van der Waals surface area contributed by atoms with E-state index in [0.29, 0.717) is 27.7 Å². The second kappa shape index (κ2) is 9.41. The average Bonchev–Trinajstić information content (AvgIpc) is 2.94. The first-order chi connectivity index (χ1) is 12.0. The number of hydrogen-bond acceptors (Lipinski definition) is 5. The molecule has 1 fully saturated rings. The van der Waals surface area contributed by atoms with Crippen LogP contribution in [0, 0.1) is 0 Å². The van der Waals surface area contributed by atoms with E-state index < -0.39 is 0 Å². The van der Waals surface area contributed by atoms with Crippen molar-refractivity contribution in [2.45, 2.75) is 18.8 Å². The van der Waals surface area contributed by atoms with Gasteiger partial charge in [-0.05, 0) is 44.1 Å². The molecule has 0 unspecified atom stereocenters. The van der Waals surface area contributed by atoms with Crippen LogP contribution in [-0.2, 0) is 11.8 Å². The molecule has 7 nitrogen and oxygen atoms in total. The zero-order valence-electron chi connectivity index (χ0n) is 14.2. The summed E-state index contributed by atoms with van der Waals surface area (Å²) in [7, 11) is 1.75. The molecule has 0 radical (unpaired) electrons. The van der Waals surface area contributed by atoms with Gasteiger partial charge in [0, 0.05) is 23.0 Å². The van der Waals surface area contributed by atoms with Crippen LogP contribution in [0.2, 0.25) is 10.0 Å². The minimum absolute atomic E-state index is 0. The molecule has 1 aromatic carbocycles. The summed E-state index contributed by atoms with van der Waals surface area (Å²) in [6.45, 7) is 1.74. The molecule has 1 aliphatic heterocycles. The number of aromatic nitrogens is 3. The predicted octanol–water partition coefficient (Wildman–Crippen LogP) is 3.03. The summed E-state index contributed by atoms with van der Waals surface area (Å²) in [6.07, 6.45) is 1.99. The maximum Gasteiger partial charge on any atom is 0.264 e. The van der Waals surface area contributed by atoms with E-state index in [4.69, 9.17) is 27.9 Å². The molecule has 1 amide bonds. The Morgan fingerprint density at radius 3 is 2.62 bits per heavy atom. The number of nitrogens with zero attached hydrogens (tertiary/aromatic N) is 3. The van der Waals surface area contributed by atoms with E-state index in [1.165, 1.54) is 0 Å². The molecule has 0 spiro atoms. The summed E-state index contributed by atoms with van der Waals surface area (Å²) in [4.78, 5) is 16.6. The molecule has 0 atom stereocenters. The smallest absolute Gasteiger partial charge is 0.264 e. The first-order valence-electron chi connectivity index (χ1n) is 8.01. The van der Waals surface area contributed by atoms with Gasteiger partial charge in [-0.3, -0.25) is 10.1 Å². The topological polar surface area (TPSA) is 81.1 Å². The molecular formula is C16H20Cl3N5O2. The SMILES string of the molecule is Cl.Cn1nc(C2CCNCC2)nc1NC(=O)COc1cc(Cl)cc(Cl)c1. The number of benzene rings is 1. The van der Waals surface area contributed by atoms with Gasteiger partial charge in [0.1, 0.15) is 5.75 Å². The van der Waals surface area contributed by atoms with Crippen molar-refractivity contribution in [3.05, 3.63) is 34.1 Å². The number of nitrogens with one attached hydrogen (secondary N) is 2. The van der Waals surface area contributed by atoms with Gasteiger partial charge < -0.3 is 10.1 Å². The van der Waals surface area contributed by atoms with E-state index in [2.05, 4.69) is 20.7 Å². The Kier molecular flexibility index (Phi) is 7.52. The number of carbonyl (C=O) groups excluding carboxylic acids is 1. The van der Waals surface area contributed by atoms with Crippen LogP contribution in [-0.4, -0.2) is 40.4 Å². The van der Waals surface area contributed by atoms with Gasteiger partial charge in [-0.2, -0.15) is 10.1 Å². The third-order valence-corrected chi connectivity index (χ3v) is 4.38. The third-order valence-electron chi connectivity index (χ3n) is 3.94. The molecule has 1 aliphatic rings. The fourth-order valence-electron chi connectivity index (χ4n) is 2.69. The van der Waals surface area contributed by atoms with Crippen molar-refractivity contribution in [3.8, 4) is 5.75 Å². The van der Waals surface area contributed by atoms with Crippen LogP contribution in [0.15, 0.2) is 18.2 Å². The second-order valence-corrected chi connectivity index (χ2v) is 6.76. The number of piperidine rings is 1. The molecule has 2 aromatic rings. The fourth-order valence-corrected chi connectivity index (χ4v) is 3.19. The number of amides is 1. The van der Waals surface area contributed by atoms with Crippen molar-refractivity contribution >= 4 is 47.5 Å². The summed E-state index contributed by atoms with van der Waals surface area (Å²) >= 11 is 11.8. The number of hydrogen-bond donors (Lipinski definition) is 2. The Morgan fingerprint density at radius 1 is 1.31 bits per heavy atom. The molecule has 3 rings (SSSR count). The molecule has 2 heterocycles. The highest BCUT2D eigenvalue weighted by molar-refractivity contribution is 6.34. The predicted molar refractivity (Wildman–Crippen MR) is 104 cm³/mol.